The van der Waals surface area contributed by atoms with E-state index in [1.54, 1.807) is 4.90 Å². The summed E-state index contributed by atoms with van der Waals surface area (Å²) in [6.45, 7) is 1.18. The van der Waals surface area contributed by atoms with Crippen LogP contribution < -0.4 is 10.2 Å². The van der Waals surface area contributed by atoms with Crippen molar-refractivity contribution >= 4 is 27.3 Å². The van der Waals surface area contributed by atoms with Gasteiger partial charge in [0.25, 0.3) is 5.91 Å². The number of carbonyl (C=O) groups is 1. The minimum atomic E-state index is -3.71. The van der Waals surface area contributed by atoms with E-state index in [2.05, 4.69) is 5.32 Å². The largest absolute Gasteiger partial charge is 0.367 e. The summed E-state index contributed by atoms with van der Waals surface area (Å²) >= 11 is 0. The fraction of sp³-hybridized carbons (Fsp3) is 0.316. The molecule has 6 nitrogen and oxygen atoms in total. The molecule has 0 saturated carbocycles. The topological polar surface area (TPSA) is 69.7 Å². The predicted octanol–water partition coefficient (Wildman–Crippen LogP) is 3.07. The van der Waals surface area contributed by atoms with E-state index in [0.29, 0.717) is 13.1 Å². The van der Waals surface area contributed by atoms with Crippen LogP contribution in [0.25, 0.3) is 0 Å². The van der Waals surface area contributed by atoms with Gasteiger partial charge in [0, 0.05) is 38.4 Å². The van der Waals surface area contributed by atoms with E-state index in [1.807, 2.05) is 0 Å². The monoisotopic (exact) mass is 409 g/mol. The number of nitrogens with zero attached hydrogens (tertiary/aromatic N) is 2. The molecule has 1 aliphatic rings. The Bertz CT molecular complexity index is 980. The summed E-state index contributed by atoms with van der Waals surface area (Å²) in [7, 11) is -0.938. The Morgan fingerprint density at radius 3 is 2.25 bits per heavy atom. The van der Waals surface area contributed by atoms with Crippen molar-refractivity contribution in [1.29, 1.82) is 0 Å². The van der Waals surface area contributed by atoms with Gasteiger partial charge in [0.1, 0.15) is 5.69 Å². The summed E-state index contributed by atoms with van der Waals surface area (Å²) in [5.74, 6) is -2.16. The number of anilines is 2. The number of amides is 1. The highest BCUT2D eigenvalue weighted by Crippen LogP contribution is 2.30. The van der Waals surface area contributed by atoms with Gasteiger partial charge in [-0.3, -0.25) is 4.79 Å². The van der Waals surface area contributed by atoms with Crippen LogP contribution in [0, 0.1) is 11.6 Å². The van der Waals surface area contributed by atoms with E-state index < -0.39 is 27.6 Å². The molecule has 0 spiro atoms. The Morgan fingerprint density at radius 1 is 1.07 bits per heavy atom. The van der Waals surface area contributed by atoms with Gasteiger partial charge in [-0.05, 0) is 43.2 Å². The first-order chi connectivity index (χ1) is 13.2. The molecule has 0 aliphatic carbocycles. The van der Waals surface area contributed by atoms with Crippen molar-refractivity contribution < 1.29 is 22.0 Å². The Morgan fingerprint density at radius 2 is 1.68 bits per heavy atom. The molecule has 2 aromatic rings. The maximum absolute atomic E-state index is 14.4. The highest BCUT2D eigenvalue weighted by molar-refractivity contribution is 7.89. The zero-order valence-electron chi connectivity index (χ0n) is 15.6. The van der Waals surface area contributed by atoms with Gasteiger partial charge < -0.3 is 10.2 Å². The number of rotatable bonds is 5. The number of hydrogen-bond acceptors (Lipinski definition) is 4. The van der Waals surface area contributed by atoms with Gasteiger partial charge in [0.05, 0.1) is 4.90 Å². The van der Waals surface area contributed by atoms with Crippen LogP contribution in [0.3, 0.4) is 0 Å². The standard InChI is InChI=1S/C19H21F2N3O3S/c1-23(2)28(26,27)15-7-5-6-13(10-15)19(25)22-14-11-16(20)18(17(21)12-14)24-8-3-4-9-24/h5-7,10-12H,3-4,8-9H2,1-2H3,(H,22,25). The lowest BCUT2D eigenvalue weighted by molar-refractivity contribution is 0.102. The molecular formula is C19H21F2N3O3S. The molecule has 0 atom stereocenters. The van der Waals surface area contributed by atoms with Crippen LogP contribution in [0.5, 0.6) is 0 Å². The average Bonchev–Trinajstić information content (AvgIpc) is 3.15. The Hall–Kier alpha value is -2.52. The molecule has 28 heavy (non-hydrogen) atoms. The average molecular weight is 409 g/mol. The van der Waals surface area contributed by atoms with Crippen molar-refractivity contribution in [2.75, 3.05) is 37.4 Å². The molecular weight excluding hydrogens is 388 g/mol. The number of halogens is 2. The number of carbonyl (C=O) groups excluding carboxylic acids is 1. The SMILES string of the molecule is CN(C)S(=O)(=O)c1cccc(C(=O)Nc2cc(F)c(N3CCCC3)c(F)c2)c1. The maximum Gasteiger partial charge on any atom is 0.255 e. The van der Waals surface area contributed by atoms with Crippen molar-refractivity contribution in [1.82, 2.24) is 4.31 Å². The van der Waals surface area contributed by atoms with Gasteiger partial charge in [-0.25, -0.2) is 21.5 Å². The summed E-state index contributed by atoms with van der Waals surface area (Å²) in [4.78, 5) is 14.0. The summed E-state index contributed by atoms with van der Waals surface area (Å²) in [5.41, 5.74) is -0.0641. The molecule has 0 unspecified atom stereocenters. The van der Waals surface area contributed by atoms with Crippen molar-refractivity contribution in [3.63, 3.8) is 0 Å². The highest BCUT2D eigenvalue weighted by Gasteiger charge is 2.22. The third-order valence-corrected chi connectivity index (χ3v) is 6.38. The molecule has 0 bridgehead atoms. The third kappa shape index (κ3) is 4.00. The normalized spacial score (nSPS) is 14.5. The molecule has 2 aromatic carbocycles. The number of nitrogens with one attached hydrogen (secondary N) is 1. The minimum Gasteiger partial charge on any atom is -0.367 e. The molecule has 0 aromatic heterocycles. The van der Waals surface area contributed by atoms with Gasteiger partial charge in [0.15, 0.2) is 11.6 Å². The number of sulfonamides is 1. The van der Waals surface area contributed by atoms with E-state index in [-0.39, 0.29) is 21.8 Å². The second-order valence-electron chi connectivity index (χ2n) is 6.75. The molecule has 9 heteroatoms. The predicted molar refractivity (Wildman–Crippen MR) is 103 cm³/mol. The fourth-order valence-electron chi connectivity index (χ4n) is 3.09. The molecule has 1 amide bonds. The third-order valence-electron chi connectivity index (χ3n) is 4.57. The van der Waals surface area contributed by atoms with Crippen LogP contribution in [0.15, 0.2) is 41.3 Å². The van der Waals surface area contributed by atoms with Crippen molar-refractivity contribution in [2.24, 2.45) is 0 Å². The molecule has 150 valence electrons. The van der Waals surface area contributed by atoms with Crippen molar-refractivity contribution in [3.05, 3.63) is 53.6 Å². The lowest BCUT2D eigenvalue weighted by Crippen LogP contribution is -2.23. The first-order valence-electron chi connectivity index (χ1n) is 8.78. The molecule has 1 aliphatic heterocycles. The van der Waals surface area contributed by atoms with Crippen LogP contribution in [-0.4, -0.2) is 45.8 Å². The second-order valence-corrected chi connectivity index (χ2v) is 8.90. The molecule has 1 heterocycles. The fourth-order valence-corrected chi connectivity index (χ4v) is 4.04. The smallest absolute Gasteiger partial charge is 0.255 e. The van der Waals surface area contributed by atoms with E-state index in [1.165, 1.54) is 38.4 Å². The van der Waals surface area contributed by atoms with E-state index in [4.69, 9.17) is 0 Å². The van der Waals surface area contributed by atoms with Gasteiger partial charge in [0.2, 0.25) is 10.0 Å². The molecule has 1 N–H and O–H groups in total. The zero-order chi connectivity index (χ0) is 20.5. The minimum absolute atomic E-state index is 0.0381. The Kier molecular flexibility index (Phi) is 5.66. The van der Waals surface area contributed by atoms with Crippen molar-refractivity contribution in [2.45, 2.75) is 17.7 Å². The van der Waals surface area contributed by atoms with E-state index >= 15 is 0 Å². The number of benzene rings is 2. The highest BCUT2D eigenvalue weighted by atomic mass is 32.2. The molecule has 0 radical (unpaired) electrons. The summed E-state index contributed by atoms with van der Waals surface area (Å²) < 4.78 is 54.3. The quantitative estimate of drug-likeness (QED) is 0.824. The van der Waals surface area contributed by atoms with Gasteiger partial charge >= 0.3 is 0 Å². The van der Waals surface area contributed by atoms with Crippen LogP contribution >= 0.6 is 0 Å². The second kappa shape index (κ2) is 7.84. The number of hydrogen-bond donors (Lipinski definition) is 1. The first kappa shape index (κ1) is 20.2. The summed E-state index contributed by atoms with van der Waals surface area (Å²) in [6, 6.07) is 7.58. The van der Waals surface area contributed by atoms with Crippen LogP contribution in [-0.2, 0) is 10.0 Å². The molecule has 3 rings (SSSR count). The summed E-state index contributed by atoms with van der Waals surface area (Å²) in [5, 5.41) is 2.42. The zero-order valence-corrected chi connectivity index (χ0v) is 16.4. The Balaban J connectivity index is 1.84. The van der Waals surface area contributed by atoms with Crippen LogP contribution in [0.4, 0.5) is 20.2 Å². The Labute approximate surface area is 162 Å². The van der Waals surface area contributed by atoms with Crippen LogP contribution in [0.1, 0.15) is 23.2 Å². The summed E-state index contributed by atoms with van der Waals surface area (Å²) in [6.07, 6.45) is 1.76. The van der Waals surface area contributed by atoms with Crippen molar-refractivity contribution in [3.8, 4) is 0 Å². The lowest BCUT2D eigenvalue weighted by atomic mass is 10.2. The van der Waals surface area contributed by atoms with E-state index in [0.717, 1.165) is 29.3 Å². The van der Waals surface area contributed by atoms with Crippen LogP contribution in [0.2, 0.25) is 0 Å². The first-order valence-corrected chi connectivity index (χ1v) is 10.2. The molecule has 1 fully saturated rings. The van der Waals surface area contributed by atoms with Gasteiger partial charge in [-0.1, -0.05) is 6.07 Å². The van der Waals surface area contributed by atoms with E-state index in [9.17, 15) is 22.0 Å². The van der Waals surface area contributed by atoms with Gasteiger partial charge in [-0.2, -0.15) is 0 Å². The van der Waals surface area contributed by atoms with Gasteiger partial charge in [-0.15, -0.1) is 0 Å². The maximum atomic E-state index is 14.4. The lowest BCUT2D eigenvalue weighted by Gasteiger charge is -2.20. The molecule has 1 saturated heterocycles.